The Bertz CT molecular complexity index is 477. The quantitative estimate of drug-likeness (QED) is 0.475. The average molecular weight is 331 g/mol. The molecule has 0 fully saturated rings. The van der Waals surface area contributed by atoms with Crippen molar-refractivity contribution >= 4 is 27.5 Å². The van der Waals surface area contributed by atoms with Crippen LogP contribution < -0.4 is 5.32 Å². The molecule has 0 aliphatic heterocycles. The minimum absolute atomic E-state index is 0.142. The van der Waals surface area contributed by atoms with Crippen LogP contribution in [0.25, 0.3) is 0 Å². The molecule has 1 atom stereocenters. The summed E-state index contributed by atoms with van der Waals surface area (Å²) in [5.74, 6) is -0.374. The molecule has 19 heavy (non-hydrogen) atoms. The van der Waals surface area contributed by atoms with Gasteiger partial charge in [0.1, 0.15) is 4.47 Å². The van der Waals surface area contributed by atoms with E-state index in [2.05, 4.69) is 21.2 Å². The lowest BCUT2D eigenvalue weighted by Crippen LogP contribution is -2.25. The normalized spacial score (nSPS) is 11.9. The van der Waals surface area contributed by atoms with Crippen LogP contribution in [0.1, 0.15) is 30.1 Å². The van der Waals surface area contributed by atoms with Crippen LogP contribution in [0.2, 0.25) is 0 Å². The zero-order valence-electron chi connectivity index (χ0n) is 10.4. The highest BCUT2D eigenvalue weighted by molar-refractivity contribution is 9.10. The second-order valence-corrected chi connectivity index (χ2v) is 4.94. The number of hydrogen-bond donors (Lipinski definition) is 2. The zero-order chi connectivity index (χ0) is 14.4. The third-order valence-electron chi connectivity index (χ3n) is 2.50. The van der Waals surface area contributed by atoms with Crippen LogP contribution in [0.4, 0.5) is 5.69 Å². The second kappa shape index (κ2) is 7.20. The number of rotatable bonds is 6. The summed E-state index contributed by atoms with van der Waals surface area (Å²) in [6, 6.07) is 4.31. The van der Waals surface area contributed by atoms with Gasteiger partial charge in [-0.25, -0.2) is 0 Å². The molecule has 0 heterocycles. The van der Waals surface area contributed by atoms with Crippen molar-refractivity contribution in [1.82, 2.24) is 5.32 Å². The van der Waals surface area contributed by atoms with Crippen molar-refractivity contribution in [2.75, 3.05) is 6.54 Å². The van der Waals surface area contributed by atoms with Crippen molar-refractivity contribution in [2.45, 2.75) is 25.9 Å². The minimum Gasteiger partial charge on any atom is -0.393 e. The third-order valence-corrected chi connectivity index (χ3v) is 3.34. The fraction of sp³-hybridized carbons (Fsp3) is 0.417. The molecule has 0 bridgehead atoms. The molecule has 0 saturated heterocycles. The van der Waals surface area contributed by atoms with Crippen LogP contribution >= 0.6 is 15.9 Å². The lowest BCUT2D eigenvalue weighted by Gasteiger charge is -2.08. The Hall–Kier alpha value is -1.47. The first-order valence-electron chi connectivity index (χ1n) is 5.82. The zero-order valence-corrected chi connectivity index (χ0v) is 12.0. The molecule has 0 aromatic heterocycles. The number of nitro groups is 1. The lowest BCUT2D eigenvalue weighted by atomic mass is 10.2. The number of nitrogens with one attached hydrogen (secondary N) is 1. The fourth-order valence-corrected chi connectivity index (χ4v) is 2.12. The van der Waals surface area contributed by atoms with Gasteiger partial charge in [0.25, 0.3) is 11.6 Å². The first-order valence-corrected chi connectivity index (χ1v) is 6.62. The Morgan fingerprint density at radius 2 is 2.26 bits per heavy atom. The van der Waals surface area contributed by atoms with E-state index in [1.165, 1.54) is 18.2 Å². The maximum Gasteiger partial charge on any atom is 0.284 e. The molecule has 7 heteroatoms. The van der Waals surface area contributed by atoms with Crippen molar-refractivity contribution in [3.8, 4) is 0 Å². The predicted molar refractivity (Wildman–Crippen MR) is 74.0 cm³/mol. The molecule has 1 rings (SSSR count). The van der Waals surface area contributed by atoms with Gasteiger partial charge in [0.2, 0.25) is 0 Å². The number of halogens is 1. The molecule has 0 spiro atoms. The molecular weight excluding hydrogens is 316 g/mol. The molecular formula is C12H15BrN2O4. The van der Waals surface area contributed by atoms with E-state index < -0.39 is 11.0 Å². The van der Waals surface area contributed by atoms with Crippen LogP contribution in [0.3, 0.4) is 0 Å². The molecule has 1 amide bonds. The lowest BCUT2D eigenvalue weighted by molar-refractivity contribution is -0.385. The summed E-state index contributed by atoms with van der Waals surface area (Å²) in [4.78, 5) is 22.1. The predicted octanol–water partition coefficient (Wildman–Crippen LogP) is 2.25. The van der Waals surface area contributed by atoms with Crippen molar-refractivity contribution in [3.05, 3.63) is 38.3 Å². The highest BCUT2D eigenvalue weighted by atomic mass is 79.9. The highest BCUT2D eigenvalue weighted by Crippen LogP contribution is 2.28. The summed E-state index contributed by atoms with van der Waals surface area (Å²) < 4.78 is 0.174. The summed E-state index contributed by atoms with van der Waals surface area (Å²) >= 11 is 3.07. The van der Waals surface area contributed by atoms with E-state index in [4.69, 9.17) is 5.11 Å². The number of benzene rings is 1. The van der Waals surface area contributed by atoms with Crippen LogP contribution in [-0.2, 0) is 0 Å². The summed E-state index contributed by atoms with van der Waals surface area (Å²) in [6.45, 7) is 2.10. The van der Waals surface area contributed by atoms with Crippen molar-refractivity contribution in [1.29, 1.82) is 0 Å². The molecule has 1 unspecified atom stereocenters. The van der Waals surface area contributed by atoms with Gasteiger partial charge in [-0.15, -0.1) is 0 Å². The molecule has 104 valence electrons. The largest absolute Gasteiger partial charge is 0.393 e. The number of carbonyl (C=O) groups is 1. The molecule has 0 radical (unpaired) electrons. The molecule has 0 saturated carbocycles. The second-order valence-electron chi connectivity index (χ2n) is 4.14. The van der Waals surface area contributed by atoms with Gasteiger partial charge in [0.15, 0.2) is 0 Å². The minimum atomic E-state index is -0.547. The van der Waals surface area contributed by atoms with E-state index in [1.807, 2.05) is 0 Å². The SMILES string of the molecule is CC(O)CCCNC(=O)c1cccc([N+](=O)[O-])c1Br. The fourth-order valence-electron chi connectivity index (χ4n) is 1.53. The van der Waals surface area contributed by atoms with E-state index in [-0.39, 0.29) is 21.6 Å². The van der Waals surface area contributed by atoms with Gasteiger partial charge < -0.3 is 10.4 Å². The maximum atomic E-state index is 11.9. The first kappa shape index (κ1) is 15.6. The van der Waals surface area contributed by atoms with E-state index in [1.54, 1.807) is 6.92 Å². The highest BCUT2D eigenvalue weighted by Gasteiger charge is 2.18. The standard InChI is InChI=1S/C12H15BrN2O4/c1-8(16)4-3-7-14-12(17)9-5-2-6-10(11(9)13)15(18)19/h2,5-6,8,16H,3-4,7H2,1H3,(H,14,17). The summed E-state index contributed by atoms with van der Waals surface area (Å²) in [5.41, 5.74) is 0.0860. The number of aliphatic hydroxyl groups is 1. The summed E-state index contributed by atoms with van der Waals surface area (Å²) in [6.07, 6.45) is 0.841. The van der Waals surface area contributed by atoms with Crippen LogP contribution in [0.5, 0.6) is 0 Å². The average Bonchev–Trinajstić information content (AvgIpc) is 2.34. The maximum absolute atomic E-state index is 11.9. The number of nitro benzene ring substituents is 1. The van der Waals surface area contributed by atoms with Gasteiger partial charge in [0, 0.05) is 12.6 Å². The van der Waals surface area contributed by atoms with E-state index in [9.17, 15) is 14.9 Å². The smallest absolute Gasteiger partial charge is 0.284 e. The van der Waals surface area contributed by atoms with E-state index in [0.29, 0.717) is 19.4 Å². The Morgan fingerprint density at radius 3 is 2.84 bits per heavy atom. The number of carbonyl (C=O) groups excluding carboxylic acids is 1. The van der Waals surface area contributed by atoms with Gasteiger partial charge in [-0.2, -0.15) is 0 Å². The van der Waals surface area contributed by atoms with E-state index in [0.717, 1.165) is 0 Å². The topological polar surface area (TPSA) is 92.5 Å². The number of hydrogen-bond acceptors (Lipinski definition) is 4. The summed E-state index contributed by atoms with van der Waals surface area (Å²) in [7, 11) is 0. The Labute approximate surface area is 119 Å². The molecule has 2 N–H and O–H groups in total. The van der Waals surface area contributed by atoms with Crippen molar-refractivity contribution < 1.29 is 14.8 Å². The van der Waals surface area contributed by atoms with Crippen LogP contribution in [0.15, 0.2) is 22.7 Å². The van der Waals surface area contributed by atoms with E-state index >= 15 is 0 Å². The Morgan fingerprint density at radius 1 is 1.58 bits per heavy atom. The third kappa shape index (κ3) is 4.60. The number of nitrogens with zero attached hydrogens (tertiary/aromatic N) is 1. The monoisotopic (exact) mass is 330 g/mol. The van der Waals surface area contributed by atoms with Gasteiger partial charge in [-0.3, -0.25) is 14.9 Å². The molecule has 1 aromatic rings. The first-order chi connectivity index (χ1) is 8.93. The molecule has 1 aromatic carbocycles. The Kier molecular flexibility index (Phi) is 5.91. The van der Waals surface area contributed by atoms with Gasteiger partial charge in [-0.05, 0) is 41.8 Å². The molecule has 6 nitrogen and oxygen atoms in total. The molecule has 0 aliphatic rings. The number of amides is 1. The van der Waals surface area contributed by atoms with Crippen LogP contribution in [-0.4, -0.2) is 28.6 Å². The summed E-state index contributed by atoms with van der Waals surface area (Å²) in [5, 5.41) is 22.5. The van der Waals surface area contributed by atoms with Crippen LogP contribution in [0, 0.1) is 10.1 Å². The number of aliphatic hydroxyl groups excluding tert-OH is 1. The van der Waals surface area contributed by atoms with Gasteiger partial charge in [0.05, 0.1) is 16.6 Å². The van der Waals surface area contributed by atoms with Crippen molar-refractivity contribution in [3.63, 3.8) is 0 Å². The van der Waals surface area contributed by atoms with Gasteiger partial charge >= 0.3 is 0 Å². The molecule has 0 aliphatic carbocycles. The van der Waals surface area contributed by atoms with Crippen molar-refractivity contribution in [2.24, 2.45) is 0 Å². The van der Waals surface area contributed by atoms with Gasteiger partial charge in [-0.1, -0.05) is 6.07 Å². The Balaban J connectivity index is 2.67.